The smallest absolute Gasteiger partial charge is 0.274 e. The molecule has 0 aliphatic heterocycles. The van der Waals surface area contributed by atoms with Crippen molar-refractivity contribution in [3.05, 3.63) is 95.8 Å². The van der Waals surface area contributed by atoms with Crippen molar-refractivity contribution in [2.75, 3.05) is 5.32 Å². The zero-order valence-corrected chi connectivity index (χ0v) is 17.1. The van der Waals surface area contributed by atoms with Crippen molar-refractivity contribution in [2.24, 2.45) is 0 Å². The predicted molar refractivity (Wildman–Crippen MR) is 121 cm³/mol. The lowest BCUT2D eigenvalue weighted by Crippen LogP contribution is -2.15. The number of hydrogen-bond acceptors (Lipinski definition) is 4. The van der Waals surface area contributed by atoms with Gasteiger partial charge in [0.1, 0.15) is 16.3 Å². The third-order valence-corrected chi connectivity index (χ3v) is 5.75. The molecule has 1 amide bonds. The van der Waals surface area contributed by atoms with Crippen molar-refractivity contribution in [2.45, 2.75) is 6.92 Å². The molecule has 6 heteroatoms. The Balaban J connectivity index is 1.42. The number of carbonyl (C=O) groups excluding carboxylic acids is 1. The highest BCUT2D eigenvalue weighted by Gasteiger charge is 2.17. The zero-order chi connectivity index (χ0) is 20.5. The van der Waals surface area contributed by atoms with Crippen LogP contribution in [0.5, 0.6) is 0 Å². The van der Waals surface area contributed by atoms with Crippen LogP contribution < -0.4 is 5.32 Å². The van der Waals surface area contributed by atoms with Gasteiger partial charge in [0.15, 0.2) is 0 Å². The van der Waals surface area contributed by atoms with E-state index in [0.29, 0.717) is 11.4 Å². The lowest BCUT2D eigenvalue weighted by Gasteiger charge is -2.07. The predicted octanol–water partition coefficient (Wildman–Crippen LogP) is 5.69. The van der Waals surface area contributed by atoms with Gasteiger partial charge in [-0.05, 0) is 31.2 Å². The van der Waals surface area contributed by atoms with E-state index in [1.54, 1.807) is 15.7 Å². The molecule has 0 unspecified atom stereocenters. The van der Waals surface area contributed by atoms with Gasteiger partial charge in [0.2, 0.25) is 0 Å². The van der Waals surface area contributed by atoms with Gasteiger partial charge in [0.25, 0.3) is 5.91 Å². The van der Waals surface area contributed by atoms with E-state index in [4.69, 9.17) is 4.98 Å². The molecule has 0 radical (unpaired) electrons. The second-order valence-electron chi connectivity index (χ2n) is 6.91. The van der Waals surface area contributed by atoms with Crippen LogP contribution in [0, 0.1) is 6.92 Å². The number of nitrogens with one attached hydrogen (secondary N) is 1. The highest BCUT2D eigenvalue weighted by Crippen LogP contribution is 2.30. The number of fused-ring (bicyclic) bond motifs is 1. The molecular weight excluding hydrogens is 392 g/mol. The summed E-state index contributed by atoms with van der Waals surface area (Å²) in [5.74, 6) is -0.188. The highest BCUT2D eigenvalue weighted by atomic mass is 32.1. The first kappa shape index (κ1) is 18.3. The Hall–Kier alpha value is -3.77. The van der Waals surface area contributed by atoms with Gasteiger partial charge < -0.3 is 5.32 Å². The van der Waals surface area contributed by atoms with E-state index in [2.05, 4.69) is 22.4 Å². The topological polar surface area (TPSA) is 59.3 Å². The first-order chi connectivity index (χ1) is 14.7. The van der Waals surface area contributed by atoms with E-state index in [1.165, 1.54) is 0 Å². The monoisotopic (exact) mass is 410 g/mol. The Labute approximate surface area is 177 Å². The molecule has 2 aromatic carbocycles. The minimum absolute atomic E-state index is 0.188. The highest BCUT2D eigenvalue weighted by molar-refractivity contribution is 7.13. The van der Waals surface area contributed by atoms with Crippen molar-refractivity contribution >= 4 is 28.6 Å². The summed E-state index contributed by atoms with van der Waals surface area (Å²) in [5.41, 5.74) is 5.66. The van der Waals surface area contributed by atoms with Crippen LogP contribution in [0.4, 0.5) is 5.69 Å². The molecule has 30 heavy (non-hydrogen) atoms. The molecule has 0 fully saturated rings. The number of anilines is 1. The van der Waals surface area contributed by atoms with E-state index in [-0.39, 0.29) is 5.91 Å². The minimum atomic E-state index is -0.188. The van der Waals surface area contributed by atoms with E-state index >= 15 is 0 Å². The van der Waals surface area contributed by atoms with Gasteiger partial charge in [-0.3, -0.25) is 9.20 Å². The third kappa shape index (κ3) is 3.38. The minimum Gasteiger partial charge on any atom is -0.321 e. The summed E-state index contributed by atoms with van der Waals surface area (Å²) in [6.07, 6.45) is 1.85. The normalized spacial score (nSPS) is 11.0. The first-order valence-corrected chi connectivity index (χ1v) is 10.4. The largest absolute Gasteiger partial charge is 0.321 e. The molecule has 0 bridgehead atoms. The van der Waals surface area contributed by atoms with Crippen LogP contribution in [0.15, 0.2) is 84.4 Å². The van der Waals surface area contributed by atoms with Crippen LogP contribution in [-0.2, 0) is 0 Å². The maximum absolute atomic E-state index is 13.0. The molecule has 0 saturated heterocycles. The van der Waals surface area contributed by atoms with Crippen LogP contribution in [0.25, 0.3) is 27.5 Å². The molecular formula is C24H18N4OS. The number of hydrogen-bond donors (Lipinski definition) is 1. The van der Waals surface area contributed by atoms with E-state index in [0.717, 1.165) is 33.2 Å². The van der Waals surface area contributed by atoms with E-state index in [9.17, 15) is 4.79 Å². The van der Waals surface area contributed by atoms with Gasteiger partial charge in [-0.25, -0.2) is 9.97 Å². The number of carbonyl (C=O) groups is 1. The quantitative estimate of drug-likeness (QED) is 0.414. The van der Waals surface area contributed by atoms with Crippen molar-refractivity contribution in [3.63, 3.8) is 0 Å². The standard InChI is InChI=1S/C24H18N4OS/c1-16-22(28-13-6-5-12-21(28)25-16)23(29)26-19-11-7-10-18(14-19)20-15-30-24(27-20)17-8-3-2-4-9-17/h2-15H,1H3,(H,26,29). The molecule has 3 heterocycles. The maximum Gasteiger partial charge on any atom is 0.274 e. The number of pyridine rings is 1. The Morgan fingerprint density at radius 1 is 0.933 bits per heavy atom. The molecule has 5 aromatic rings. The Bertz CT molecular complexity index is 1350. The SMILES string of the molecule is Cc1nc2ccccn2c1C(=O)Nc1cccc(-c2csc(-c3ccccc3)n2)c1. The molecule has 1 N–H and O–H groups in total. The van der Waals surface area contributed by atoms with E-state index in [1.807, 2.05) is 79.2 Å². The number of thiazole rings is 1. The third-order valence-electron chi connectivity index (χ3n) is 4.86. The molecule has 146 valence electrons. The Morgan fingerprint density at radius 2 is 1.73 bits per heavy atom. The van der Waals surface area contributed by atoms with Gasteiger partial charge in [0.05, 0.1) is 11.4 Å². The Kier molecular flexibility index (Phi) is 4.61. The summed E-state index contributed by atoms with van der Waals surface area (Å²) in [5, 5.41) is 6.01. The summed E-state index contributed by atoms with van der Waals surface area (Å²) in [7, 11) is 0. The van der Waals surface area contributed by atoms with Crippen LogP contribution in [0.2, 0.25) is 0 Å². The number of aryl methyl sites for hydroxylation is 1. The molecule has 0 spiro atoms. The second kappa shape index (κ2) is 7.57. The summed E-state index contributed by atoms with van der Waals surface area (Å²) in [6.45, 7) is 1.85. The summed E-state index contributed by atoms with van der Waals surface area (Å²) >= 11 is 1.61. The molecule has 5 rings (SSSR count). The van der Waals surface area contributed by atoms with Gasteiger partial charge in [0, 0.05) is 28.4 Å². The number of aromatic nitrogens is 3. The van der Waals surface area contributed by atoms with E-state index < -0.39 is 0 Å². The lowest BCUT2D eigenvalue weighted by molar-refractivity contribution is 0.102. The van der Waals surface area contributed by atoms with Gasteiger partial charge >= 0.3 is 0 Å². The number of nitrogens with zero attached hydrogens (tertiary/aromatic N) is 3. The molecule has 0 aliphatic rings. The fourth-order valence-corrected chi connectivity index (χ4v) is 4.29. The average molecular weight is 411 g/mol. The van der Waals surface area contributed by atoms with Crippen LogP contribution in [0.3, 0.4) is 0 Å². The van der Waals surface area contributed by atoms with Crippen molar-refractivity contribution in [1.82, 2.24) is 14.4 Å². The second-order valence-corrected chi connectivity index (χ2v) is 7.77. The van der Waals surface area contributed by atoms with Gasteiger partial charge in [-0.2, -0.15) is 0 Å². The maximum atomic E-state index is 13.0. The van der Waals surface area contributed by atoms with Crippen LogP contribution >= 0.6 is 11.3 Å². The molecule has 0 atom stereocenters. The van der Waals surface area contributed by atoms with Gasteiger partial charge in [-0.15, -0.1) is 11.3 Å². The number of amides is 1. The molecule has 0 aliphatic carbocycles. The zero-order valence-electron chi connectivity index (χ0n) is 16.2. The number of benzene rings is 2. The van der Waals surface area contributed by atoms with Crippen molar-refractivity contribution in [1.29, 1.82) is 0 Å². The summed E-state index contributed by atoms with van der Waals surface area (Å²) in [4.78, 5) is 22.2. The molecule has 5 nitrogen and oxygen atoms in total. The first-order valence-electron chi connectivity index (χ1n) is 9.55. The van der Waals surface area contributed by atoms with Crippen molar-refractivity contribution < 1.29 is 4.79 Å². The number of imidazole rings is 1. The van der Waals surface area contributed by atoms with Crippen LogP contribution in [0.1, 0.15) is 16.2 Å². The Morgan fingerprint density at radius 3 is 2.60 bits per heavy atom. The average Bonchev–Trinajstić information content (AvgIpc) is 3.39. The van der Waals surface area contributed by atoms with Crippen molar-refractivity contribution in [3.8, 4) is 21.8 Å². The summed E-state index contributed by atoms with van der Waals surface area (Å²) in [6, 6.07) is 23.5. The summed E-state index contributed by atoms with van der Waals surface area (Å²) < 4.78 is 1.81. The van der Waals surface area contributed by atoms with Gasteiger partial charge in [-0.1, -0.05) is 48.5 Å². The lowest BCUT2D eigenvalue weighted by atomic mass is 10.1. The fourth-order valence-electron chi connectivity index (χ4n) is 3.45. The number of rotatable bonds is 4. The van der Waals surface area contributed by atoms with Crippen LogP contribution in [-0.4, -0.2) is 20.3 Å². The molecule has 0 saturated carbocycles. The molecule has 3 aromatic heterocycles. The fraction of sp³-hybridized carbons (Fsp3) is 0.0417.